The summed E-state index contributed by atoms with van der Waals surface area (Å²) in [6.07, 6.45) is 0. The lowest BCUT2D eigenvalue weighted by Gasteiger charge is -2.14. The van der Waals surface area contributed by atoms with Gasteiger partial charge in [0, 0.05) is 4.91 Å². The number of hydrogen-bond donors (Lipinski definition) is 3. The third-order valence-corrected chi connectivity index (χ3v) is 3.47. The number of rotatable bonds is 17. The van der Waals surface area contributed by atoms with E-state index in [1.807, 2.05) is 0 Å². The monoisotopic (exact) mass is 426 g/mol. The molecule has 0 radical (unpaired) electrons. The second-order valence-electron chi connectivity index (χ2n) is 5.81. The SMILES string of the molecule is [N-]=[N+]=NCC(=O)NC(COCc1cccc(OCCOCCOCCO)c1)C(=O)O. The molecule has 166 valence electrons. The first-order valence-electron chi connectivity index (χ1n) is 9.15. The Balaban J connectivity index is 2.32. The summed E-state index contributed by atoms with van der Waals surface area (Å²) in [6.45, 7) is 1.15. The fourth-order valence-electron chi connectivity index (χ4n) is 2.14. The maximum Gasteiger partial charge on any atom is 0.328 e. The molecule has 30 heavy (non-hydrogen) atoms. The minimum absolute atomic E-state index is 0.0216. The van der Waals surface area contributed by atoms with E-state index in [9.17, 15) is 9.59 Å². The Kier molecular flexibility index (Phi) is 13.4. The molecule has 1 amide bonds. The number of carboxylic acids is 1. The van der Waals surface area contributed by atoms with Gasteiger partial charge in [-0.1, -0.05) is 17.2 Å². The number of carboxylic acid groups (broad SMARTS) is 1. The zero-order valence-electron chi connectivity index (χ0n) is 16.4. The molecular formula is C18H26N4O8. The van der Waals surface area contributed by atoms with Crippen molar-refractivity contribution in [3.8, 4) is 5.75 Å². The van der Waals surface area contributed by atoms with Crippen LogP contribution in [0.1, 0.15) is 5.56 Å². The number of nitrogens with zero attached hydrogens (tertiary/aromatic N) is 3. The number of hydrogen-bond acceptors (Lipinski definition) is 8. The van der Waals surface area contributed by atoms with Gasteiger partial charge in [-0.25, -0.2) is 4.79 Å². The molecule has 1 aromatic carbocycles. The lowest BCUT2D eigenvalue weighted by Crippen LogP contribution is -2.44. The average molecular weight is 426 g/mol. The van der Waals surface area contributed by atoms with Crippen molar-refractivity contribution in [2.24, 2.45) is 5.11 Å². The van der Waals surface area contributed by atoms with Crippen LogP contribution in [0.4, 0.5) is 0 Å². The highest BCUT2D eigenvalue weighted by molar-refractivity contribution is 5.84. The number of amides is 1. The fraction of sp³-hybridized carbons (Fsp3) is 0.556. The number of aliphatic carboxylic acids is 1. The quantitative estimate of drug-likeness (QED) is 0.140. The van der Waals surface area contributed by atoms with Gasteiger partial charge in [0.1, 0.15) is 18.9 Å². The van der Waals surface area contributed by atoms with Gasteiger partial charge >= 0.3 is 5.97 Å². The first-order chi connectivity index (χ1) is 14.6. The van der Waals surface area contributed by atoms with Crippen molar-refractivity contribution in [2.75, 3.05) is 52.8 Å². The van der Waals surface area contributed by atoms with E-state index < -0.39 is 24.5 Å². The maximum absolute atomic E-state index is 11.5. The highest BCUT2D eigenvalue weighted by atomic mass is 16.5. The van der Waals surface area contributed by atoms with Crippen LogP contribution in [0.5, 0.6) is 5.75 Å². The number of nitrogens with one attached hydrogen (secondary N) is 1. The van der Waals surface area contributed by atoms with Gasteiger partial charge in [0.25, 0.3) is 0 Å². The summed E-state index contributed by atoms with van der Waals surface area (Å²) in [6, 6.07) is 5.82. The van der Waals surface area contributed by atoms with E-state index in [0.717, 1.165) is 5.56 Å². The second-order valence-corrected chi connectivity index (χ2v) is 5.81. The summed E-state index contributed by atoms with van der Waals surface area (Å²) in [5, 5.41) is 23.0. The van der Waals surface area contributed by atoms with Crippen LogP contribution in [-0.2, 0) is 30.4 Å². The van der Waals surface area contributed by atoms with Gasteiger partial charge in [0.05, 0.1) is 46.2 Å². The van der Waals surface area contributed by atoms with Crippen LogP contribution in [-0.4, -0.2) is 80.9 Å². The van der Waals surface area contributed by atoms with Gasteiger partial charge in [0.2, 0.25) is 5.91 Å². The molecular weight excluding hydrogens is 400 g/mol. The normalized spacial score (nSPS) is 11.4. The van der Waals surface area contributed by atoms with Crippen molar-refractivity contribution in [1.82, 2.24) is 5.32 Å². The van der Waals surface area contributed by atoms with Crippen molar-refractivity contribution in [2.45, 2.75) is 12.6 Å². The van der Waals surface area contributed by atoms with Gasteiger partial charge in [0.15, 0.2) is 6.04 Å². The van der Waals surface area contributed by atoms with Crippen LogP contribution >= 0.6 is 0 Å². The molecule has 0 aliphatic rings. The van der Waals surface area contributed by atoms with Gasteiger partial charge in [-0.15, -0.1) is 0 Å². The molecule has 12 nitrogen and oxygen atoms in total. The molecule has 3 N–H and O–H groups in total. The number of azide groups is 1. The molecule has 0 aliphatic carbocycles. The molecule has 0 fully saturated rings. The molecule has 0 saturated carbocycles. The Bertz CT molecular complexity index is 697. The lowest BCUT2D eigenvalue weighted by molar-refractivity contribution is -0.143. The predicted octanol–water partition coefficient (Wildman–Crippen LogP) is 0.487. The van der Waals surface area contributed by atoms with Crippen molar-refractivity contribution >= 4 is 11.9 Å². The molecule has 0 bridgehead atoms. The molecule has 1 rings (SSSR count). The molecule has 0 spiro atoms. The smallest absolute Gasteiger partial charge is 0.328 e. The number of ether oxygens (including phenoxy) is 4. The van der Waals surface area contributed by atoms with E-state index in [-0.39, 0.29) is 26.4 Å². The molecule has 1 unspecified atom stereocenters. The predicted molar refractivity (Wildman–Crippen MR) is 104 cm³/mol. The van der Waals surface area contributed by atoms with E-state index in [4.69, 9.17) is 34.7 Å². The largest absolute Gasteiger partial charge is 0.491 e. The summed E-state index contributed by atoms with van der Waals surface area (Å²) in [7, 11) is 0. The van der Waals surface area contributed by atoms with Gasteiger partial charge in [-0.2, -0.15) is 0 Å². The minimum Gasteiger partial charge on any atom is -0.491 e. The Labute approximate surface area is 173 Å². The molecule has 1 aromatic rings. The van der Waals surface area contributed by atoms with Crippen LogP contribution in [0, 0.1) is 0 Å². The first kappa shape index (κ1) is 25.1. The summed E-state index contributed by atoms with van der Waals surface area (Å²) >= 11 is 0. The van der Waals surface area contributed by atoms with Crippen molar-refractivity contribution < 1.29 is 38.7 Å². The Morgan fingerprint density at radius 1 is 1.13 bits per heavy atom. The van der Waals surface area contributed by atoms with Gasteiger partial charge in [-0.3, -0.25) is 4.79 Å². The van der Waals surface area contributed by atoms with E-state index in [0.29, 0.717) is 32.2 Å². The third-order valence-electron chi connectivity index (χ3n) is 3.47. The van der Waals surface area contributed by atoms with Crippen molar-refractivity contribution in [3.63, 3.8) is 0 Å². The molecule has 0 aromatic heterocycles. The van der Waals surface area contributed by atoms with Crippen molar-refractivity contribution in [1.29, 1.82) is 0 Å². The van der Waals surface area contributed by atoms with E-state index in [2.05, 4.69) is 15.3 Å². The Morgan fingerprint density at radius 3 is 2.57 bits per heavy atom. The maximum atomic E-state index is 11.5. The van der Waals surface area contributed by atoms with Crippen LogP contribution in [0.25, 0.3) is 10.4 Å². The minimum atomic E-state index is -1.26. The summed E-state index contributed by atoms with van der Waals surface area (Å²) in [5.41, 5.74) is 8.94. The summed E-state index contributed by atoms with van der Waals surface area (Å²) < 4.78 is 21.4. The second kappa shape index (κ2) is 16.0. The standard InChI is InChI=1S/C18H26N4O8/c19-22-20-11-17(24)21-16(18(25)26)13-29-12-14-2-1-3-15(10-14)30-9-8-28-7-6-27-5-4-23/h1-3,10,16,23H,4-9,11-13H2,(H,21,24)(H,25,26). The zero-order chi connectivity index (χ0) is 22.0. The molecule has 12 heteroatoms. The number of carbonyl (C=O) groups excluding carboxylic acids is 1. The number of benzene rings is 1. The Morgan fingerprint density at radius 2 is 1.87 bits per heavy atom. The zero-order valence-corrected chi connectivity index (χ0v) is 16.4. The highest BCUT2D eigenvalue weighted by Gasteiger charge is 2.19. The van der Waals surface area contributed by atoms with Crippen LogP contribution in [0.15, 0.2) is 29.4 Å². The average Bonchev–Trinajstić information content (AvgIpc) is 2.73. The highest BCUT2D eigenvalue weighted by Crippen LogP contribution is 2.14. The van der Waals surface area contributed by atoms with Gasteiger partial charge in [-0.05, 0) is 23.2 Å². The lowest BCUT2D eigenvalue weighted by atomic mass is 10.2. The third kappa shape index (κ3) is 11.8. The van der Waals surface area contributed by atoms with Crippen LogP contribution < -0.4 is 10.1 Å². The van der Waals surface area contributed by atoms with E-state index in [1.165, 1.54) is 0 Å². The topological polar surface area (TPSA) is 172 Å². The molecule has 0 saturated heterocycles. The van der Waals surface area contributed by atoms with Crippen LogP contribution in [0.2, 0.25) is 0 Å². The first-order valence-corrected chi connectivity index (χ1v) is 9.15. The number of carbonyl (C=O) groups is 2. The fourth-order valence-corrected chi connectivity index (χ4v) is 2.14. The van der Waals surface area contributed by atoms with Gasteiger partial charge < -0.3 is 34.5 Å². The number of aliphatic hydroxyl groups is 1. The van der Waals surface area contributed by atoms with E-state index >= 15 is 0 Å². The van der Waals surface area contributed by atoms with Crippen molar-refractivity contribution in [3.05, 3.63) is 40.3 Å². The van der Waals surface area contributed by atoms with E-state index in [1.54, 1.807) is 24.3 Å². The summed E-state index contributed by atoms with van der Waals surface area (Å²) in [4.78, 5) is 25.1. The molecule has 0 aliphatic heterocycles. The molecule has 0 heterocycles. The molecule has 1 atom stereocenters. The Hall–Kier alpha value is -2.89. The summed E-state index contributed by atoms with van der Waals surface area (Å²) in [5.74, 6) is -1.36. The number of aliphatic hydroxyl groups excluding tert-OH is 1. The van der Waals surface area contributed by atoms with Crippen LogP contribution in [0.3, 0.4) is 0 Å².